The van der Waals surface area contributed by atoms with Crippen LogP contribution in [-0.4, -0.2) is 89.8 Å². The fourth-order valence-electron chi connectivity index (χ4n) is 4.24. The number of likely N-dealkylation sites (N-methyl/N-ethyl adjacent to an activating group) is 1. The second kappa shape index (κ2) is 7.46. The highest BCUT2D eigenvalue weighted by atomic mass is 16.2. The van der Waals surface area contributed by atoms with E-state index in [1.54, 1.807) is 11.8 Å². The first kappa shape index (κ1) is 19.6. The first-order chi connectivity index (χ1) is 12.8. The van der Waals surface area contributed by atoms with Crippen LogP contribution in [-0.2, 0) is 14.4 Å². The summed E-state index contributed by atoms with van der Waals surface area (Å²) in [6.45, 7) is 6.02. The van der Waals surface area contributed by atoms with Gasteiger partial charge in [-0.15, -0.1) is 0 Å². The Morgan fingerprint density at radius 2 is 1.93 bits per heavy atom. The van der Waals surface area contributed by atoms with Crippen LogP contribution in [0, 0.1) is 5.92 Å². The van der Waals surface area contributed by atoms with Gasteiger partial charge in [0.1, 0.15) is 11.6 Å². The molecule has 0 aromatic carbocycles. The molecule has 5 amide bonds. The predicted molar refractivity (Wildman–Crippen MR) is 97.7 cm³/mol. The number of carbonyl (C=O) groups excluding carboxylic acids is 4. The zero-order valence-electron chi connectivity index (χ0n) is 16.3. The number of carbonyl (C=O) groups is 4. The van der Waals surface area contributed by atoms with Gasteiger partial charge in [-0.3, -0.25) is 19.3 Å². The zero-order chi connectivity index (χ0) is 19.8. The molecule has 3 aliphatic heterocycles. The Hall–Kier alpha value is -2.16. The first-order valence-corrected chi connectivity index (χ1v) is 9.69. The molecule has 0 saturated carbocycles. The number of piperazine rings is 1. The Morgan fingerprint density at radius 3 is 2.56 bits per heavy atom. The van der Waals surface area contributed by atoms with E-state index in [-0.39, 0.29) is 36.2 Å². The summed E-state index contributed by atoms with van der Waals surface area (Å²) in [4.78, 5) is 54.5. The largest absolute Gasteiger partial charge is 0.344 e. The summed E-state index contributed by atoms with van der Waals surface area (Å²) in [5, 5.41) is 6.13. The number of fused-ring (bicyclic) bond motifs is 1. The molecule has 9 heteroatoms. The van der Waals surface area contributed by atoms with Crippen molar-refractivity contribution in [3.05, 3.63) is 0 Å². The smallest absolute Gasteiger partial charge is 0.327 e. The second-order valence-corrected chi connectivity index (χ2v) is 7.83. The molecule has 0 aromatic rings. The van der Waals surface area contributed by atoms with Crippen LogP contribution >= 0.6 is 0 Å². The Morgan fingerprint density at radius 1 is 1.26 bits per heavy atom. The van der Waals surface area contributed by atoms with Crippen LogP contribution in [0.4, 0.5) is 4.79 Å². The van der Waals surface area contributed by atoms with Crippen LogP contribution in [0.1, 0.15) is 33.1 Å². The number of nitrogens with one attached hydrogen (secondary N) is 2. The maximum absolute atomic E-state index is 13.0. The van der Waals surface area contributed by atoms with Gasteiger partial charge in [-0.25, -0.2) is 4.79 Å². The Kier molecular flexibility index (Phi) is 5.41. The third-order valence-corrected chi connectivity index (χ3v) is 6.02. The van der Waals surface area contributed by atoms with Gasteiger partial charge in [0, 0.05) is 26.1 Å². The summed E-state index contributed by atoms with van der Waals surface area (Å²) in [6.07, 6.45) is 2.03. The molecule has 2 atom stereocenters. The van der Waals surface area contributed by atoms with E-state index in [0.29, 0.717) is 19.5 Å². The van der Waals surface area contributed by atoms with E-state index in [0.717, 1.165) is 30.8 Å². The molecule has 2 N–H and O–H groups in total. The predicted octanol–water partition coefficient (Wildman–Crippen LogP) is -0.624. The van der Waals surface area contributed by atoms with E-state index < -0.39 is 11.6 Å². The molecular weight excluding hydrogens is 350 g/mol. The molecular formula is C18H29N5O4. The van der Waals surface area contributed by atoms with E-state index in [1.807, 2.05) is 6.92 Å². The van der Waals surface area contributed by atoms with E-state index in [2.05, 4.69) is 10.6 Å². The van der Waals surface area contributed by atoms with Gasteiger partial charge in [0.2, 0.25) is 11.8 Å². The van der Waals surface area contributed by atoms with Gasteiger partial charge in [-0.2, -0.15) is 0 Å². The minimum atomic E-state index is -1.03. The van der Waals surface area contributed by atoms with E-state index in [1.165, 1.54) is 11.9 Å². The topological polar surface area (TPSA) is 102 Å². The third kappa shape index (κ3) is 3.40. The molecule has 3 saturated heterocycles. The van der Waals surface area contributed by atoms with Crippen molar-refractivity contribution in [1.82, 2.24) is 25.3 Å². The minimum Gasteiger partial charge on any atom is -0.344 e. The number of hydrogen-bond donors (Lipinski definition) is 2. The summed E-state index contributed by atoms with van der Waals surface area (Å²) in [5.41, 5.74) is -1.03. The number of amides is 5. The van der Waals surface area contributed by atoms with Crippen molar-refractivity contribution in [3.8, 4) is 0 Å². The highest BCUT2D eigenvalue weighted by Gasteiger charge is 2.56. The number of hydrogen-bond acceptors (Lipinski definition) is 5. The lowest BCUT2D eigenvalue weighted by molar-refractivity contribution is -0.144. The summed E-state index contributed by atoms with van der Waals surface area (Å²) in [6, 6.07) is -0.923. The summed E-state index contributed by atoms with van der Waals surface area (Å²) in [5.74, 6) is -0.620. The number of imide groups is 1. The lowest BCUT2D eigenvalue weighted by Crippen LogP contribution is -2.64. The minimum absolute atomic E-state index is 0.0647. The zero-order valence-corrected chi connectivity index (χ0v) is 16.3. The van der Waals surface area contributed by atoms with E-state index >= 15 is 0 Å². The maximum Gasteiger partial charge on any atom is 0.327 e. The van der Waals surface area contributed by atoms with Crippen molar-refractivity contribution < 1.29 is 19.2 Å². The number of rotatable bonds is 4. The molecule has 0 bridgehead atoms. The quantitative estimate of drug-likeness (QED) is 0.634. The molecule has 0 aromatic heterocycles. The molecule has 9 nitrogen and oxygen atoms in total. The SMILES string of the molecule is CC[C@@H](NC(=O)C1CCNCC1)C(=O)N1CCN2C(=O)N(C)C(=O)C2(C)C1. The van der Waals surface area contributed by atoms with Crippen LogP contribution < -0.4 is 10.6 Å². The fraction of sp³-hybridized carbons (Fsp3) is 0.778. The lowest BCUT2D eigenvalue weighted by Gasteiger charge is -2.43. The lowest BCUT2D eigenvalue weighted by atomic mass is 9.95. The molecule has 0 radical (unpaired) electrons. The second-order valence-electron chi connectivity index (χ2n) is 7.83. The van der Waals surface area contributed by atoms with Crippen molar-refractivity contribution >= 4 is 23.8 Å². The first-order valence-electron chi connectivity index (χ1n) is 9.69. The van der Waals surface area contributed by atoms with Crippen molar-refractivity contribution in [1.29, 1.82) is 0 Å². The highest BCUT2D eigenvalue weighted by Crippen LogP contribution is 2.31. The molecule has 0 spiro atoms. The number of nitrogens with zero attached hydrogens (tertiary/aromatic N) is 3. The van der Waals surface area contributed by atoms with Gasteiger partial charge in [0.15, 0.2) is 0 Å². The van der Waals surface area contributed by atoms with Crippen LogP contribution in [0.3, 0.4) is 0 Å². The van der Waals surface area contributed by atoms with Crippen molar-refractivity contribution in [2.24, 2.45) is 5.92 Å². The summed E-state index contributed by atoms with van der Waals surface area (Å²) in [7, 11) is 1.47. The fourth-order valence-corrected chi connectivity index (χ4v) is 4.24. The molecule has 3 heterocycles. The Bertz CT molecular complexity index is 648. The van der Waals surface area contributed by atoms with Gasteiger partial charge in [0.25, 0.3) is 5.91 Å². The molecule has 3 aliphatic rings. The van der Waals surface area contributed by atoms with Crippen LogP contribution in [0.15, 0.2) is 0 Å². The van der Waals surface area contributed by atoms with Crippen LogP contribution in [0.2, 0.25) is 0 Å². The average Bonchev–Trinajstić information content (AvgIpc) is 2.86. The summed E-state index contributed by atoms with van der Waals surface area (Å²) >= 11 is 0. The maximum atomic E-state index is 13.0. The van der Waals surface area contributed by atoms with Crippen molar-refractivity contribution in [3.63, 3.8) is 0 Å². The normalized spacial score (nSPS) is 27.6. The number of urea groups is 1. The number of piperidine rings is 1. The van der Waals surface area contributed by atoms with Crippen molar-refractivity contribution in [2.45, 2.75) is 44.7 Å². The average molecular weight is 379 g/mol. The Labute approximate surface area is 159 Å². The monoisotopic (exact) mass is 379 g/mol. The highest BCUT2D eigenvalue weighted by molar-refractivity contribution is 6.07. The molecule has 150 valence electrons. The molecule has 1 unspecified atom stereocenters. The van der Waals surface area contributed by atoms with Crippen LogP contribution in [0.5, 0.6) is 0 Å². The van der Waals surface area contributed by atoms with E-state index in [9.17, 15) is 19.2 Å². The molecule has 0 aliphatic carbocycles. The third-order valence-electron chi connectivity index (χ3n) is 6.02. The molecule has 3 fully saturated rings. The standard InChI is InChI=1S/C18H29N5O4/c1-4-13(20-14(24)12-5-7-19-8-6-12)15(25)22-9-10-23-17(27)21(3)16(26)18(23,2)11-22/h12-13,19H,4-11H2,1-3H3,(H,20,24)/t13-,18?/m1/s1. The molecule has 3 rings (SSSR count). The van der Waals surface area contributed by atoms with Gasteiger partial charge in [-0.05, 0) is 39.3 Å². The van der Waals surface area contributed by atoms with Gasteiger partial charge in [-0.1, -0.05) is 6.92 Å². The molecule has 27 heavy (non-hydrogen) atoms. The van der Waals surface area contributed by atoms with Gasteiger partial charge in [0.05, 0.1) is 6.54 Å². The summed E-state index contributed by atoms with van der Waals surface area (Å²) < 4.78 is 0. The van der Waals surface area contributed by atoms with Gasteiger partial charge >= 0.3 is 6.03 Å². The van der Waals surface area contributed by atoms with Gasteiger partial charge < -0.3 is 20.4 Å². The Balaban J connectivity index is 1.66. The van der Waals surface area contributed by atoms with Crippen LogP contribution in [0.25, 0.3) is 0 Å². The van der Waals surface area contributed by atoms with Crippen molar-refractivity contribution in [2.75, 3.05) is 39.8 Å². The van der Waals surface area contributed by atoms with E-state index in [4.69, 9.17) is 0 Å².